The molecule has 3 nitrogen and oxygen atoms in total. The zero-order chi connectivity index (χ0) is 11.4. The number of hydrogen-bond donors (Lipinski definition) is 1. The van der Waals surface area contributed by atoms with Crippen LogP contribution in [0.5, 0.6) is 5.75 Å². The van der Waals surface area contributed by atoms with Crippen LogP contribution in [0.25, 0.3) is 0 Å². The Morgan fingerprint density at radius 3 is 2.94 bits per heavy atom. The van der Waals surface area contributed by atoms with Crippen LogP contribution in [0.1, 0.15) is 10.4 Å². The van der Waals surface area contributed by atoms with E-state index in [2.05, 4.69) is 6.07 Å². The number of nitrogen functional groups attached to an aromatic ring is 1. The summed E-state index contributed by atoms with van der Waals surface area (Å²) in [7, 11) is 0. The predicted molar refractivity (Wildman–Crippen MR) is 64.2 cm³/mol. The van der Waals surface area contributed by atoms with Crippen molar-refractivity contribution in [1.29, 1.82) is 5.26 Å². The van der Waals surface area contributed by atoms with Gasteiger partial charge in [0.15, 0.2) is 0 Å². The summed E-state index contributed by atoms with van der Waals surface area (Å²) < 4.78 is 5.56. The molecule has 1 aromatic heterocycles. The SMILES string of the molecule is N#Cc1ccc(N)c(OCc2cccs2)c1. The summed E-state index contributed by atoms with van der Waals surface area (Å²) in [5.74, 6) is 0.562. The Morgan fingerprint density at radius 2 is 2.25 bits per heavy atom. The van der Waals surface area contributed by atoms with Crippen LogP contribution in [-0.4, -0.2) is 0 Å². The largest absolute Gasteiger partial charge is 0.486 e. The van der Waals surface area contributed by atoms with E-state index < -0.39 is 0 Å². The first kappa shape index (κ1) is 10.5. The Balaban J connectivity index is 2.12. The van der Waals surface area contributed by atoms with Crippen LogP contribution < -0.4 is 10.5 Å². The molecular formula is C12H10N2OS. The average Bonchev–Trinajstić information content (AvgIpc) is 2.81. The van der Waals surface area contributed by atoms with Gasteiger partial charge in [0.1, 0.15) is 12.4 Å². The molecule has 0 unspecified atom stereocenters. The van der Waals surface area contributed by atoms with Gasteiger partial charge in [-0.3, -0.25) is 0 Å². The fourth-order valence-corrected chi connectivity index (χ4v) is 1.89. The van der Waals surface area contributed by atoms with E-state index in [0.717, 1.165) is 4.88 Å². The van der Waals surface area contributed by atoms with Crippen molar-refractivity contribution in [2.45, 2.75) is 6.61 Å². The average molecular weight is 230 g/mol. The summed E-state index contributed by atoms with van der Waals surface area (Å²) in [5, 5.41) is 10.8. The minimum atomic E-state index is 0.483. The highest BCUT2D eigenvalue weighted by molar-refractivity contribution is 7.09. The third-order valence-electron chi connectivity index (χ3n) is 2.09. The van der Waals surface area contributed by atoms with Gasteiger partial charge in [-0.1, -0.05) is 6.07 Å². The van der Waals surface area contributed by atoms with Gasteiger partial charge < -0.3 is 10.5 Å². The Kier molecular flexibility index (Phi) is 3.08. The number of rotatable bonds is 3. The van der Waals surface area contributed by atoms with Crippen LogP contribution in [-0.2, 0) is 6.61 Å². The maximum absolute atomic E-state index is 8.76. The van der Waals surface area contributed by atoms with Crippen molar-refractivity contribution in [3.05, 3.63) is 46.2 Å². The molecule has 0 spiro atoms. The molecule has 0 fully saturated rings. The van der Waals surface area contributed by atoms with Crippen LogP contribution in [0.15, 0.2) is 35.7 Å². The summed E-state index contributed by atoms with van der Waals surface area (Å²) in [6.45, 7) is 0.483. The zero-order valence-corrected chi connectivity index (χ0v) is 9.33. The third-order valence-corrected chi connectivity index (χ3v) is 2.94. The van der Waals surface area contributed by atoms with Crippen LogP contribution >= 0.6 is 11.3 Å². The molecule has 0 atom stereocenters. The standard InChI is InChI=1S/C12H10N2OS/c13-7-9-3-4-11(14)12(6-9)15-8-10-2-1-5-16-10/h1-6H,8,14H2. The molecule has 0 saturated heterocycles. The maximum Gasteiger partial charge on any atom is 0.144 e. The van der Waals surface area contributed by atoms with E-state index in [1.165, 1.54) is 0 Å². The molecule has 0 aliphatic rings. The van der Waals surface area contributed by atoms with E-state index in [0.29, 0.717) is 23.6 Å². The highest BCUT2D eigenvalue weighted by Crippen LogP contribution is 2.24. The molecule has 16 heavy (non-hydrogen) atoms. The molecular weight excluding hydrogens is 220 g/mol. The minimum absolute atomic E-state index is 0.483. The molecule has 0 bridgehead atoms. The van der Waals surface area contributed by atoms with Crippen molar-refractivity contribution in [2.75, 3.05) is 5.73 Å². The number of nitriles is 1. The smallest absolute Gasteiger partial charge is 0.144 e. The Morgan fingerprint density at radius 1 is 1.38 bits per heavy atom. The molecule has 0 amide bonds. The molecule has 0 aliphatic carbocycles. The second-order valence-corrected chi connectivity index (χ2v) is 4.26. The van der Waals surface area contributed by atoms with Gasteiger partial charge in [-0.2, -0.15) is 5.26 Å². The quantitative estimate of drug-likeness (QED) is 0.825. The van der Waals surface area contributed by atoms with E-state index in [1.807, 2.05) is 17.5 Å². The lowest BCUT2D eigenvalue weighted by Gasteiger charge is -2.07. The lowest BCUT2D eigenvalue weighted by atomic mass is 10.2. The Bertz CT molecular complexity index is 514. The monoisotopic (exact) mass is 230 g/mol. The number of hydrogen-bond acceptors (Lipinski definition) is 4. The summed E-state index contributed by atoms with van der Waals surface area (Å²) in [5.41, 5.74) is 6.86. The number of ether oxygens (including phenoxy) is 1. The van der Waals surface area contributed by atoms with Crippen LogP contribution in [0, 0.1) is 11.3 Å². The fraction of sp³-hybridized carbons (Fsp3) is 0.0833. The molecule has 1 heterocycles. The van der Waals surface area contributed by atoms with E-state index >= 15 is 0 Å². The van der Waals surface area contributed by atoms with Gasteiger partial charge in [-0.25, -0.2) is 0 Å². The number of nitrogens with two attached hydrogens (primary N) is 1. The lowest BCUT2D eigenvalue weighted by Crippen LogP contribution is -1.97. The van der Waals surface area contributed by atoms with E-state index in [9.17, 15) is 0 Å². The molecule has 2 N–H and O–H groups in total. The van der Waals surface area contributed by atoms with Gasteiger partial charge in [-0.15, -0.1) is 11.3 Å². The second-order valence-electron chi connectivity index (χ2n) is 3.23. The Labute approximate surface area is 97.7 Å². The summed E-state index contributed by atoms with van der Waals surface area (Å²) >= 11 is 1.63. The van der Waals surface area contributed by atoms with Gasteiger partial charge in [0.2, 0.25) is 0 Å². The molecule has 4 heteroatoms. The van der Waals surface area contributed by atoms with E-state index in [1.54, 1.807) is 29.5 Å². The van der Waals surface area contributed by atoms with Crippen molar-refractivity contribution in [2.24, 2.45) is 0 Å². The van der Waals surface area contributed by atoms with Crippen LogP contribution in [0.3, 0.4) is 0 Å². The first-order chi connectivity index (χ1) is 7.79. The molecule has 0 saturated carbocycles. The topological polar surface area (TPSA) is 59.0 Å². The second kappa shape index (κ2) is 4.69. The molecule has 80 valence electrons. The molecule has 2 aromatic rings. The maximum atomic E-state index is 8.76. The van der Waals surface area contributed by atoms with Crippen molar-refractivity contribution < 1.29 is 4.74 Å². The minimum Gasteiger partial charge on any atom is -0.486 e. The van der Waals surface area contributed by atoms with Crippen LogP contribution in [0.2, 0.25) is 0 Å². The fourth-order valence-electron chi connectivity index (χ4n) is 1.27. The summed E-state index contributed by atoms with van der Waals surface area (Å²) in [6, 6.07) is 11.0. The van der Waals surface area contributed by atoms with E-state index in [-0.39, 0.29) is 0 Å². The van der Waals surface area contributed by atoms with Gasteiger partial charge >= 0.3 is 0 Å². The normalized spacial score (nSPS) is 9.69. The molecule has 0 radical (unpaired) electrons. The van der Waals surface area contributed by atoms with Gasteiger partial charge in [0.25, 0.3) is 0 Å². The first-order valence-corrected chi connectivity index (χ1v) is 5.62. The Hall–Kier alpha value is -1.99. The third kappa shape index (κ3) is 2.33. The molecule has 2 rings (SSSR count). The van der Waals surface area contributed by atoms with Crippen molar-refractivity contribution >= 4 is 17.0 Å². The van der Waals surface area contributed by atoms with Crippen molar-refractivity contribution in [1.82, 2.24) is 0 Å². The number of nitrogens with zero attached hydrogens (tertiary/aromatic N) is 1. The van der Waals surface area contributed by atoms with E-state index in [4.69, 9.17) is 15.7 Å². The predicted octanol–water partition coefficient (Wildman–Crippen LogP) is 2.78. The van der Waals surface area contributed by atoms with Gasteiger partial charge in [0, 0.05) is 10.9 Å². The number of thiophene rings is 1. The number of anilines is 1. The highest BCUT2D eigenvalue weighted by atomic mass is 32.1. The van der Waals surface area contributed by atoms with Crippen molar-refractivity contribution in [3.63, 3.8) is 0 Å². The van der Waals surface area contributed by atoms with Gasteiger partial charge in [0.05, 0.1) is 17.3 Å². The zero-order valence-electron chi connectivity index (χ0n) is 8.51. The van der Waals surface area contributed by atoms with Crippen molar-refractivity contribution in [3.8, 4) is 11.8 Å². The molecule has 1 aromatic carbocycles. The first-order valence-electron chi connectivity index (χ1n) is 4.74. The number of benzene rings is 1. The highest BCUT2D eigenvalue weighted by Gasteiger charge is 2.03. The van der Waals surface area contributed by atoms with Gasteiger partial charge in [-0.05, 0) is 23.6 Å². The summed E-state index contributed by atoms with van der Waals surface area (Å²) in [6.07, 6.45) is 0. The lowest BCUT2D eigenvalue weighted by molar-refractivity contribution is 0.311. The summed E-state index contributed by atoms with van der Waals surface area (Å²) in [4.78, 5) is 1.13. The molecule has 0 aliphatic heterocycles. The van der Waals surface area contributed by atoms with Crippen LogP contribution in [0.4, 0.5) is 5.69 Å².